The molecule has 0 bridgehead atoms. The summed E-state index contributed by atoms with van der Waals surface area (Å²) in [6.45, 7) is 1.60. The van der Waals surface area contributed by atoms with Crippen molar-refractivity contribution in [2.24, 2.45) is 0 Å². The van der Waals surface area contributed by atoms with Crippen LogP contribution in [0, 0.1) is 17.5 Å². The Morgan fingerprint density at radius 1 is 1.11 bits per heavy atom. The Morgan fingerprint density at radius 3 is 2.22 bits per heavy atom. The maximum absolute atomic E-state index is 13.3. The van der Waals surface area contributed by atoms with Gasteiger partial charge in [-0.25, -0.2) is 13.2 Å². The first-order valence-electron chi connectivity index (χ1n) is 5.22. The Bertz CT molecular complexity index is 415. The second-order valence-corrected chi connectivity index (χ2v) is 3.69. The zero-order valence-electron chi connectivity index (χ0n) is 9.41. The maximum atomic E-state index is 13.3. The fourth-order valence-electron chi connectivity index (χ4n) is 1.45. The number of benzene rings is 1. The molecule has 0 aromatic heterocycles. The first-order valence-corrected chi connectivity index (χ1v) is 5.22. The summed E-state index contributed by atoms with van der Waals surface area (Å²) in [5, 5.41) is 2.06. The SMILES string of the molecule is CCCNC(c1ccc(F)c(F)c1F)C(F)(F)F. The number of alkyl halides is 3. The summed E-state index contributed by atoms with van der Waals surface area (Å²) < 4.78 is 77.0. The molecule has 1 unspecified atom stereocenters. The average molecular weight is 271 g/mol. The molecular weight excluding hydrogens is 260 g/mol. The molecule has 0 spiro atoms. The van der Waals surface area contributed by atoms with Gasteiger partial charge in [0.15, 0.2) is 17.5 Å². The predicted octanol–water partition coefficient (Wildman–Crippen LogP) is 3.71. The van der Waals surface area contributed by atoms with Gasteiger partial charge in [0, 0.05) is 5.56 Å². The molecule has 0 aliphatic carbocycles. The quantitative estimate of drug-likeness (QED) is 0.650. The Kier molecular flexibility index (Phi) is 4.61. The third-order valence-corrected chi connectivity index (χ3v) is 2.30. The molecule has 1 N–H and O–H groups in total. The van der Waals surface area contributed by atoms with E-state index in [1.165, 1.54) is 0 Å². The molecule has 1 rings (SSSR count). The largest absolute Gasteiger partial charge is 0.408 e. The van der Waals surface area contributed by atoms with Crippen molar-refractivity contribution in [2.45, 2.75) is 25.6 Å². The molecular formula is C11H11F6N. The molecule has 1 aromatic rings. The van der Waals surface area contributed by atoms with E-state index in [2.05, 4.69) is 5.32 Å². The lowest BCUT2D eigenvalue weighted by Crippen LogP contribution is -2.35. The number of hydrogen-bond donors (Lipinski definition) is 1. The predicted molar refractivity (Wildman–Crippen MR) is 53.4 cm³/mol. The molecule has 0 radical (unpaired) electrons. The molecule has 1 atom stereocenters. The van der Waals surface area contributed by atoms with Crippen LogP contribution in [0.3, 0.4) is 0 Å². The molecule has 0 saturated carbocycles. The highest BCUT2D eigenvalue weighted by Crippen LogP contribution is 2.34. The normalized spacial score (nSPS) is 13.7. The van der Waals surface area contributed by atoms with E-state index in [0.29, 0.717) is 18.6 Å². The standard InChI is InChI=1S/C11H11F6N/c1-2-5-18-10(11(15,16)17)6-3-4-7(12)9(14)8(6)13/h3-4,10,18H,2,5H2,1H3. The third kappa shape index (κ3) is 3.16. The zero-order valence-corrected chi connectivity index (χ0v) is 9.41. The van der Waals surface area contributed by atoms with E-state index >= 15 is 0 Å². The topological polar surface area (TPSA) is 12.0 Å². The first kappa shape index (κ1) is 14.8. The van der Waals surface area contributed by atoms with Crippen LogP contribution in [0.4, 0.5) is 26.3 Å². The van der Waals surface area contributed by atoms with E-state index in [1.54, 1.807) is 6.92 Å². The summed E-state index contributed by atoms with van der Waals surface area (Å²) >= 11 is 0. The molecule has 1 nitrogen and oxygen atoms in total. The summed E-state index contributed by atoms with van der Waals surface area (Å²) in [6, 6.07) is -1.29. The Labute approximate surface area is 99.8 Å². The fraction of sp³-hybridized carbons (Fsp3) is 0.455. The van der Waals surface area contributed by atoms with Gasteiger partial charge in [0.2, 0.25) is 0 Å². The second-order valence-electron chi connectivity index (χ2n) is 3.69. The van der Waals surface area contributed by atoms with Crippen molar-refractivity contribution in [2.75, 3.05) is 6.54 Å². The smallest absolute Gasteiger partial charge is 0.302 e. The first-order chi connectivity index (χ1) is 8.29. The van der Waals surface area contributed by atoms with Gasteiger partial charge in [-0.1, -0.05) is 13.0 Å². The van der Waals surface area contributed by atoms with Gasteiger partial charge < -0.3 is 5.32 Å². The van der Waals surface area contributed by atoms with Crippen molar-refractivity contribution in [3.05, 3.63) is 35.1 Å². The van der Waals surface area contributed by atoms with Crippen LogP contribution >= 0.6 is 0 Å². The molecule has 0 fully saturated rings. The molecule has 1 aromatic carbocycles. The molecule has 18 heavy (non-hydrogen) atoms. The lowest BCUT2D eigenvalue weighted by atomic mass is 10.0. The molecule has 7 heteroatoms. The minimum absolute atomic E-state index is 0.0252. The number of halogens is 6. The highest BCUT2D eigenvalue weighted by molar-refractivity contribution is 5.24. The van der Waals surface area contributed by atoms with E-state index in [9.17, 15) is 26.3 Å². The van der Waals surface area contributed by atoms with Crippen LogP contribution < -0.4 is 5.32 Å². The van der Waals surface area contributed by atoms with Crippen molar-refractivity contribution in [1.82, 2.24) is 5.32 Å². The van der Waals surface area contributed by atoms with Crippen molar-refractivity contribution in [3.63, 3.8) is 0 Å². The van der Waals surface area contributed by atoms with Crippen LogP contribution in [-0.2, 0) is 0 Å². The van der Waals surface area contributed by atoms with Gasteiger partial charge in [0.05, 0.1) is 0 Å². The molecule has 0 saturated heterocycles. The fourth-order valence-corrected chi connectivity index (χ4v) is 1.45. The Balaban J connectivity index is 3.17. The Hall–Kier alpha value is -1.24. The Morgan fingerprint density at radius 2 is 1.72 bits per heavy atom. The lowest BCUT2D eigenvalue weighted by molar-refractivity contribution is -0.158. The van der Waals surface area contributed by atoms with E-state index in [4.69, 9.17) is 0 Å². The van der Waals surface area contributed by atoms with E-state index < -0.39 is 35.2 Å². The molecule has 0 amide bonds. The maximum Gasteiger partial charge on any atom is 0.408 e. The van der Waals surface area contributed by atoms with Crippen LogP contribution in [-0.4, -0.2) is 12.7 Å². The highest BCUT2D eigenvalue weighted by Gasteiger charge is 2.42. The zero-order chi connectivity index (χ0) is 13.9. The summed E-state index contributed by atoms with van der Waals surface area (Å²) in [5.74, 6) is -5.24. The second kappa shape index (κ2) is 5.60. The van der Waals surface area contributed by atoms with E-state index in [0.717, 1.165) is 0 Å². The van der Waals surface area contributed by atoms with Gasteiger partial charge in [-0.3, -0.25) is 0 Å². The van der Waals surface area contributed by atoms with Crippen LogP contribution in [0.1, 0.15) is 24.9 Å². The van der Waals surface area contributed by atoms with Crippen LogP contribution in [0.25, 0.3) is 0 Å². The summed E-state index contributed by atoms with van der Waals surface area (Å²) in [7, 11) is 0. The van der Waals surface area contributed by atoms with Gasteiger partial charge >= 0.3 is 6.18 Å². The summed E-state index contributed by atoms with van der Waals surface area (Å²) in [6.07, 6.45) is -4.40. The number of rotatable bonds is 4. The van der Waals surface area contributed by atoms with Crippen molar-refractivity contribution in [1.29, 1.82) is 0 Å². The van der Waals surface area contributed by atoms with Crippen molar-refractivity contribution < 1.29 is 26.3 Å². The van der Waals surface area contributed by atoms with Crippen LogP contribution in [0.5, 0.6) is 0 Å². The van der Waals surface area contributed by atoms with Crippen molar-refractivity contribution >= 4 is 0 Å². The molecule has 0 aliphatic rings. The monoisotopic (exact) mass is 271 g/mol. The van der Waals surface area contributed by atoms with E-state index in [1.807, 2.05) is 0 Å². The molecule has 0 heterocycles. The highest BCUT2D eigenvalue weighted by atomic mass is 19.4. The number of nitrogens with one attached hydrogen (secondary N) is 1. The minimum atomic E-state index is -4.79. The number of hydrogen-bond acceptors (Lipinski definition) is 1. The van der Waals surface area contributed by atoms with Gasteiger partial charge in [-0.2, -0.15) is 13.2 Å². The van der Waals surface area contributed by atoms with Crippen molar-refractivity contribution in [3.8, 4) is 0 Å². The minimum Gasteiger partial charge on any atom is -0.302 e. The lowest BCUT2D eigenvalue weighted by Gasteiger charge is -2.22. The molecule has 0 aliphatic heterocycles. The summed E-state index contributed by atoms with van der Waals surface area (Å²) in [4.78, 5) is 0. The third-order valence-electron chi connectivity index (χ3n) is 2.30. The molecule has 102 valence electrons. The van der Waals surface area contributed by atoms with Gasteiger partial charge in [0.1, 0.15) is 6.04 Å². The van der Waals surface area contributed by atoms with E-state index in [-0.39, 0.29) is 6.54 Å². The van der Waals surface area contributed by atoms with Crippen LogP contribution in [0.2, 0.25) is 0 Å². The summed E-state index contributed by atoms with van der Waals surface area (Å²) in [5.41, 5.74) is -0.949. The van der Waals surface area contributed by atoms with Crippen LogP contribution in [0.15, 0.2) is 12.1 Å². The van der Waals surface area contributed by atoms with Gasteiger partial charge in [-0.05, 0) is 19.0 Å². The average Bonchev–Trinajstić information content (AvgIpc) is 2.27. The van der Waals surface area contributed by atoms with Gasteiger partial charge in [-0.15, -0.1) is 0 Å². The van der Waals surface area contributed by atoms with Gasteiger partial charge in [0.25, 0.3) is 0 Å².